The average Bonchev–Trinajstić information content (AvgIpc) is 3.43. The Hall–Kier alpha value is -3.27. The van der Waals surface area contributed by atoms with E-state index in [2.05, 4.69) is 10.6 Å². The molecule has 2 aliphatic heterocycles. The highest BCUT2D eigenvalue weighted by atomic mass is 16.5. The normalized spacial score (nSPS) is 30.5. The molecule has 10 heteroatoms. The first-order valence-corrected chi connectivity index (χ1v) is 11.2. The molecule has 5 rings (SSSR count). The molecule has 3 fully saturated rings. The fourth-order valence-electron chi connectivity index (χ4n) is 5.60. The van der Waals surface area contributed by atoms with Gasteiger partial charge in [0.2, 0.25) is 11.8 Å². The van der Waals surface area contributed by atoms with E-state index < -0.39 is 29.7 Å². The van der Waals surface area contributed by atoms with Crippen LogP contribution in [0.5, 0.6) is 5.75 Å². The Morgan fingerprint density at radius 2 is 1.88 bits per heavy atom. The average molecular weight is 455 g/mol. The van der Waals surface area contributed by atoms with Crippen molar-refractivity contribution in [1.82, 2.24) is 15.5 Å². The van der Waals surface area contributed by atoms with Crippen LogP contribution in [0.1, 0.15) is 52.8 Å². The quantitative estimate of drug-likeness (QED) is 0.512. The third kappa shape index (κ3) is 3.88. The van der Waals surface area contributed by atoms with Gasteiger partial charge in [0.25, 0.3) is 17.7 Å². The first-order chi connectivity index (χ1) is 15.8. The van der Waals surface area contributed by atoms with Gasteiger partial charge in [0.15, 0.2) is 6.61 Å². The van der Waals surface area contributed by atoms with Crippen LogP contribution in [0.4, 0.5) is 0 Å². The number of hydrogen-bond acceptors (Lipinski definition) is 7. The number of amides is 5. The second-order valence-electron chi connectivity index (χ2n) is 9.30. The lowest BCUT2D eigenvalue weighted by Gasteiger charge is -2.27. The van der Waals surface area contributed by atoms with Crippen LogP contribution in [0.25, 0.3) is 0 Å². The van der Waals surface area contributed by atoms with Gasteiger partial charge < -0.3 is 15.2 Å². The van der Waals surface area contributed by atoms with Gasteiger partial charge in [0.05, 0.1) is 17.2 Å². The van der Waals surface area contributed by atoms with E-state index in [1.807, 2.05) is 0 Å². The number of nitrogens with one attached hydrogen (secondary N) is 2. The zero-order valence-electron chi connectivity index (χ0n) is 17.9. The first kappa shape index (κ1) is 21.6. The van der Waals surface area contributed by atoms with Gasteiger partial charge in [-0.2, -0.15) is 0 Å². The molecule has 1 aromatic rings. The maximum atomic E-state index is 12.8. The maximum absolute atomic E-state index is 12.8. The summed E-state index contributed by atoms with van der Waals surface area (Å²) in [7, 11) is 0. The van der Waals surface area contributed by atoms with Crippen molar-refractivity contribution in [2.45, 2.75) is 44.2 Å². The lowest BCUT2D eigenvalue weighted by molar-refractivity contribution is -0.136. The molecule has 33 heavy (non-hydrogen) atoms. The molecule has 5 amide bonds. The number of hydrogen-bond donors (Lipinski definition) is 3. The summed E-state index contributed by atoms with van der Waals surface area (Å²) in [6.45, 7) is 0.315. The molecule has 1 unspecified atom stereocenters. The topological polar surface area (TPSA) is 142 Å². The minimum atomic E-state index is -1.03. The number of carbonyl (C=O) groups excluding carboxylic acids is 5. The largest absolute Gasteiger partial charge is 0.484 e. The number of imide groups is 2. The Labute approximate surface area is 189 Å². The number of benzene rings is 1. The molecule has 2 heterocycles. The fraction of sp³-hybridized carbons (Fsp3) is 0.522. The highest BCUT2D eigenvalue weighted by Crippen LogP contribution is 2.48. The van der Waals surface area contributed by atoms with Gasteiger partial charge in [-0.25, -0.2) is 0 Å². The van der Waals surface area contributed by atoms with E-state index in [9.17, 15) is 29.1 Å². The van der Waals surface area contributed by atoms with Gasteiger partial charge >= 0.3 is 0 Å². The molecule has 5 atom stereocenters. The van der Waals surface area contributed by atoms with Crippen LogP contribution in [0.15, 0.2) is 18.2 Å². The third-order valence-electron chi connectivity index (χ3n) is 7.31. The number of ether oxygens (including phenoxy) is 1. The van der Waals surface area contributed by atoms with E-state index >= 15 is 0 Å². The summed E-state index contributed by atoms with van der Waals surface area (Å²) < 4.78 is 5.53. The SMILES string of the molecule is O=C(COc1ccc2c(c1)C(=O)N(C1CCC(=O)NC1=O)C2=O)NC[C@@H]1C[C@H]2C[C@@H]1C[C@H]2O. The Morgan fingerprint density at radius 3 is 2.58 bits per heavy atom. The second kappa shape index (κ2) is 8.26. The molecule has 10 nitrogen and oxygen atoms in total. The van der Waals surface area contributed by atoms with Crippen LogP contribution in [0, 0.1) is 17.8 Å². The van der Waals surface area contributed by atoms with Gasteiger partial charge in [-0.3, -0.25) is 34.2 Å². The van der Waals surface area contributed by atoms with E-state index in [1.54, 1.807) is 0 Å². The monoisotopic (exact) mass is 455 g/mol. The Balaban J connectivity index is 1.17. The molecule has 1 aromatic carbocycles. The number of nitrogens with zero attached hydrogens (tertiary/aromatic N) is 1. The van der Waals surface area contributed by atoms with Crippen LogP contribution in [0.2, 0.25) is 0 Å². The van der Waals surface area contributed by atoms with E-state index in [0.717, 1.165) is 24.2 Å². The van der Waals surface area contributed by atoms with Crippen molar-refractivity contribution in [1.29, 1.82) is 0 Å². The van der Waals surface area contributed by atoms with Gasteiger partial charge in [0.1, 0.15) is 11.8 Å². The molecule has 4 aliphatic rings. The standard InChI is InChI=1S/C23H25N3O7/c27-18-7-11-5-12(18)6-13(11)9-24-20(29)10-33-14-1-2-15-16(8-14)23(32)26(22(15)31)17-3-4-19(28)25-21(17)30/h1-2,8,11-13,17-18,27H,3-7,9-10H2,(H,24,29)(H,25,28,30)/t11-,12-,13+,17?,18-/m1/s1. The second-order valence-corrected chi connectivity index (χ2v) is 9.30. The highest BCUT2D eigenvalue weighted by Gasteiger charge is 2.46. The van der Waals surface area contributed by atoms with E-state index in [-0.39, 0.29) is 48.3 Å². The van der Waals surface area contributed by atoms with Crippen molar-refractivity contribution in [3.8, 4) is 5.75 Å². The molecular weight excluding hydrogens is 430 g/mol. The number of aliphatic hydroxyl groups is 1. The molecule has 174 valence electrons. The molecule has 0 spiro atoms. The predicted octanol–water partition coefficient (Wildman–Crippen LogP) is -0.0102. The van der Waals surface area contributed by atoms with Crippen molar-refractivity contribution in [3.05, 3.63) is 29.3 Å². The molecule has 0 aromatic heterocycles. The molecule has 1 saturated heterocycles. The van der Waals surface area contributed by atoms with Gasteiger partial charge in [0, 0.05) is 13.0 Å². The smallest absolute Gasteiger partial charge is 0.262 e. The summed E-state index contributed by atoms with van der Waals surface area (Å²) in [4.78, 5) is 62.2. The zero-order valence-corrected chi connectivity index (χ0v) is 17.9. The van der Waals surface area contributed by atoms with Gasteiger partial charge in [-0.15, -0.1) is 0 Å². The fourth-order valence-corrected chi connectivity index (χ4v) is 5.60. The van der Waals surface area contributed by atoms with Crippen molar-refractivity contribution < 1.29 is 33.8 Å². The van der Waals surface area contributed by atoms with E-state index in [4.69, 9.17) is 4.74 Å². The zero-order chi connectivity index (χ0) is 23.3. The molecule has 3 N–H and O–H groups in total. The summed E-state index contributed by atoms with van der Waals surface area (Å²) >= 11 is 0. The summed E-state index contributed by atoms with van der Waals surface area (Å²) in [5, 5.41) is 14.9. The molecule has 0 radical (unpaired) electrons. The highest BCUT2D eigenvalue weighted by molar-refractivity contribution is 6.23. The van der Waals surface area contributed by atoms with Crippen LogP contribution < -0.4 is 15.4 Å². The minimum absolute atomic E-state index is 0.0517. The van der Waals surface area contributed by atoms with Crippen LogP contribution in [0.3, 0.4) is 0 Å². The lowest BCUT2D eigenvalue weighted by Crippen LogP contribution is -2.54. The van der Waals surface area contributed by atoms with E-state index in [0.29, 0.717) is 24.3 Å². The number of piperidine rings is 1. The number of rotatable bonds is 6. The molecule has 2 bridgehead atoms. The minimum Gasteiger partial charge on any atom is -0.484 e. The number of aliphatic hydroxyl groups excluding tert-OH is 1. The third-order valence-corrected chi connectivity index (χ3v) is 7.31. The predicted molar refractivity (Wildman–Crippen MR) is 112 cm³/mol. The van der Waals surface area contributed by atoms with Gasteiger partial charge in [-0.05, 0) is 61.6 Å². The van der Waals surface area contributed by atoms with E-state index in [1.165, 1.54) is 18.2 Å². The summed E-state index contributed by atoms with van der Waals surface area (Å²) in [6.07, 6.45) is 2.69. The Bertz CT molecular complexity index is 1050. The van der Waals surface area contributed by atoms with Crippen LogP contribution in [-0.2, 0) is 14.4 Å². The summed E-state index contributed by atoms with van der Waals surface area (Å²) in [6, 6.07) is 3.31. The molecular formula is C23H25N3O7. The van der Waals surface area contributed by atoms with Gasteiger partial charge in [-0.1, -0.05) is 0 Å². The first-order valence-electron chi connectivity index (χ1n) is 11.2. The van der Waals surface area contributed by atoms with Crippen molar-refractivity contribution in [2.24, 2.45) is 17.8 Å². The summed E-state index contributed by atoms with van der Waals surface area (Å²) in [5.74, 6) is -1.16. The Kier molecular flexibility index (Phi) is 5.40. The van der Waals surface area contributed by atoms with Crippen molar-refractivity contribution in [2.75, 3.05) is 13.2 Å². The van der Waals surface area contributed by atoms with Crippen molar-refractivity contribution in [3.63, 3.8) is 0 Å². The lowest BCUT2D eigenvalue weighted by atomic mass is 9.87. The Morgan fingerprint density at radius 1 is 1.09 bits per heavy atom. The summed E-state index contributed by atoms with van der Waals surface area (Å²) in [5.41, 5.74) is 0.253. The van der Waals surface area contributed by atoms with Crippen molar-refractivity contribution >= 4 is 29.5 Å². The van der Waals surface area contributed by atoms with Crippen LogP contribution >= 0.6 is 0 Å². The number of carbonyl (C=O) groups is 5. The number of fused-ring (bicyclic) bond motifs is 3. The maximum Gasteiger partial charge on any atom is 0.262 e. The molecule has 2 aliphatic carbocycles. The van der Waals surface area contributed by atoms with Crippen LogP contribution in [-0.4, -0.2) is 64.8 Å². The molecule has 2 saturated carbocycles.